The van der Waals surface area contributed by atoms with E-state index in [1.165, 1.54) is 30.9 Å². The fraction of sp³-hybridized carbons (Fsp3) is 0.571. The van der Waals surface area contributed by atoms with Crippen molar-refractivity contribution in [3.05, 3.63) is 22.5 Å². The summed E-state index contributed by atoms with van der Waals surface area (Å²) in [6.07, 6.45) is -1.37. The Hall–Kier alpha value is -3.59. The first-order chi connectivity index (χ1) is 19.6. The van der Waals surface area contributed by atoms with Crippen molar-refractivity contribution in [2.45, 2.75) is 56.5 Å². The van der Waals surface area contributed by atoms with Gasteiger partial charge in [-0.3, -0.25) is 38.6 Å². The van der Waals surface area contributed by atoms with Gasteiger partial charge in [-0.2, -0.15) is 0 Å². The molecule has 0 radical (unpaired) electrons. The Morgan fingerprint density at radius 1 is 1.19 bits per heavy atom. The predicted octanol–water partition coefficient (Wildman–Crippen LogP) is -1.47. The van der Waals surface area contributed by atoms with Crippen molar-refractivity contribution in [1.82, 2.24) is 9.80 Å². The van der Waals surface area contributed by atoms with E-state index in [4.69, 9.17) is 5.73 Å². The molecule has 2 saturated carbocycles. The lowest BCUT2D eigenvalue weighted by molar-refractivity contribution is -0.181. The minimum atomic E-state index is -2.91. The van der Waals surface area contributed by atoms with Gasteiger partial charge >= 0.3 is 0 Å². The largest absolute Gasteiger partial charge is 0.505 e. The molecule has 13 nitrogen and oxygen atoms in total. The number of aliphatic hydroxyl groups is 2. The van der Waals surface area contributed by atoms with Gasteiger partial charge in [-0.05, 0) is 46.3 Å². The molecule has 1 aliphatic heterocycles. The molecule has 2 fully saturated rings. The maximum absolute atomic E-state index is 16.2. The number of ketones is 4. The average Bonchev–Trinajstić information content (AvgIpc) is 3.03. The Bertz CT molecular complexity index is 1460. The number of phenolic OH excluding ortho intramolecular Hbond substituents is 1. The number of halogens is 1. The predicted molar refractivity (Wildman–Crippen MR) is 141 cm³/mol. The highest BCUT2D eigenvalue weighted by atomic mass is 19.1. The molecule has 1 heterocycles. The summed E-state index contributed by atoms with van der Waals surface area (Å²) in [7, 11) is 4.44. The van der Waals surface area contributed by atoms with E-state index in [1.54, 1.807) is 6.92 Å². The van der Waals surface area contributed by atoms with Crippen molar-refractivity contribution in [1.29, 1.82) is 0 Å². The van der Waals surface area contributed by atoms with E-state index in [-0.39, 0.29) is 42.6 Å². The summed E-state index contributed by atoms with van der Waals surface area (Å²) in [5.74, 6) is -14.4. The van der Waals surface area contributed by atoms with Crippen LogP contribution in [0.2, 0.25) is 0 Å². The summed E-state index contributed by atoms with van der Waals surface area (Å²) in [6.45, 7) is 1.46. The van der Waals surface area contributed by atoms with Crippen molar-refractivity contribution < 1.29 is 48.5 Å². The average molecular weight is 589 g/mol. The van der Waals surface area contributed by atoms with Crippen LogP contribution < -0.4 is 11.1 Å². The minimum Gasteiger partial charge on any atom is -0.505 e. The third kappa shape index (κ3) is 3.88. The van der Waals surface area contributed by atoms with Crippen LogP contribution in [0.5, 0.6) is 5.75 Å². The molecule has 0 aromatic heterocycles. The topological polar surface area (TPSA) is 208 Å². The number of benzene rings is 1. The summed E-state index contributed by atoms with van der Waals surface area (Å²) in [6, 6.07) is -2.36. The standard InChI is InChI=1S/C28H33FN4O9/c1-5-13(34)20-27(41)31-18-11(8-33(20)4)17(29)10-6-9-7-12-19(32(2)3)23(37)16(26(30)40)25(39)28(12,42)24(38)14(9)21(35)15(10)22(18)36/h9,12-14,16,19-20,34,36,42H,5-8H2,1-4H3,(H2,30,40)(H,31,41)/t9-,12-,13?,14?,16?,19-,20-,28-/m0/s1. The number of primary amides is 1. The first-order valence-corrected chi connectivity index (χ1v) is 13.7. The van der Waals surface area contributed by atoms with Crippen LogP contribution in [0.25, 0.3) is 0 Å². The third-order valence-electron chi connectivity index (χ3n) is 9.44. The lowest BCUT2D eigenvalue weighted by Gasteiger charge is -2.52. The summed E-state index contributed by atoms with van der Waals surface area (Å²) >= 11 is 0. The number of carbonyl (C=O) groups excluding carboxylic acids is 6. The number of anilines is 1. The Morgan fingerprint density at radius 2 is 1.83 bits per heavy atom. The SMILES string of the molecule is CCC(O)[C@H]1C(=O)Nc2c(O)c3c(c(F)c2CN1C)C[C@H]1C[C@H]2[C@H](N(C)C)C(=O)C(C(N)=O)C(=O)[C@@]2(O)C(=O)C1C3=O. The highest BCUT2D eigenvalue weighted by Gasteiger charge is 2.69. The molecule has 0 spiro atoms. The lowest BCUT2D eigenvalue weighted by Crippen LogP contribution is -2.74. The van der Waals surface area contributed by atoms with Crippen LogP contribution in [0, 0.1) is 29.5 Å². The van der Waals surface area contributed by atoms with E-state index in [9.17, 15) is 44.1 Å². The van der Waals surface area contributed by atoms with E-state index in [0.717, 1.165) is 0 Å². The van der Waals surface area contributed by atoms with Crippen LogP contribution in [0.15, 0.2) is 0 Å². The van der Waals surface area contributed by atoms with Crippen LogP contribution in [0.1, 0.15) is 41.3 Å². The van der Waals surface area contributed by atoms with Gasteiger partial charge in [0.1, 0.15) is 11.9 Å². The molecule has 226 valence electrons. The number of likely N-dealkylation sites (N-methyl/N-ethyl adjacent to an activating group) is 2. The van der Waals surface area contributed by atoms with Crippen LogP contribution in [0.3, 0.4) is 0 Å². The zero-order valence-electron chi connectivity index (χ0n) is 23.5. The first-order valence-electron chi connectivity index (χ1n) is 13.7. The molecule has 42 heavy (non-hydrogen) atoms. The van der Waals surface area contributed by atoms with Crippen molar-refractivity contribution in [3.8, 4) is 5.75 Å². The quantitative estimate of drug-likeness (QED) is 0.203. The summed E-state index contributed by atoms with van der Waals surface area (Å²) in [5.41, 5.74) is 1.16. The Balaban J connectivity index is 1.64. The molecule has 14 heteroatoms. The van der Waals surface area contributed by atoms with Crippen molar-refractivity contribution in [3.63, 3.8) is 0 Å². The van der Waals surface area contributed by atoms with Gasteiger partial charge < -0.3 is 26.4 Å². The Labute approximate surface area is 239 Å². The highest BCUT2D eigenvalue weighted by molar-refractivity contribution is 6.32. The van der Waals surface area contributed by atoms with Crippen molar-refractivity contribution >= 4 is 40.6 Å². The van der Waals surface area contributed by atoms with Gasteiger partial charge in [0.2, 0.25) is 11.8 Å². The van der Waals surface area contributed by atoms with Crippen molar-refractivity contribution in [2.24, 2.45) is 29.4 Å². The lowest BCUT2D eigenvalue weighted by atomic mass is 9.52. The van der Waals surface area contributed by atoms with Gasteiger partial charge in [0, 0.05) is 23.6 Å². The number of nitrogens with one attached hydrogen (secondary N) is 1. The number of fused-ring (bicyclic) bond motifs is 4. The maximum atomic E-state index is 16.2. The number of nitrogens with zero attached hydrogens (tertiary/aromatic N) is 2. The molecule has 0 bridgehead atoms. The fourth-order valence-corrected chi connectivity index (χ4v) is 7.47. The van der Waals surface area contributed by atoms with Gasteiger partial charge in [-0.15, -0.1) is 0 Å². The van der Waals surface area contributed by atoms with Crippen LogP contribution in [0.4, 0.5) is 10.1 Å². The number of aromatic hydroxyl groups is 1. The molecule has 5 rings (SSSR count). The molecule has 0 saturated heterocycles. The van der Waals surface area contributed by atoms with E-state index >= 15 is 4.39 Å². The van der Waals surface area contributed by atoms with E-state index < -0.39 is 99.5 Å². The molecule has 8 atom stereocenters. The normalized spacial score (nSPS) is 33.8. The summed E-state index contributed by atoms with van der Waals surface area (Å²) < 4.78 is 16.2. The number of nitrogens with two attached hydrogens (primary N) is 1. The van der Waals surface area contributed by atoms with Crippen LogP contribution in [-0.4, -0.2) is 105 Å². The van der Waals surface area contributed by atoms with E-state index in [1.807, 2.05) is 0 Å². The zero-order chi connectivity index (χ0) is 31.2. The van der Waals surface area contributed by atoms with Crippen LogP contribution in [-0.2, 0) is 36.9 Å². The monoisotopic (exact) mass is 588 g/mol. The highest BCUT2D eigenvalue weighted by Crippen LogP contribution is 2.52. The maximum Gasteiger partial charge on any atom is 0.244 e. The molecule has 1 aromatic rings. The molecule has 6 N–H and O–H groups in total. The molecule has 1 aromatic carbocycles. The Kier molecular flexibility index (Phi) is 7.12. The zero-order valence-corrected chi connectivity index (χ0v) is 23.5. The molecule has 3 unspecified atom stereocenters. The summed E-state index contributed by atoms with van der Waals surface area (Å²) in [4.78, 5) is 82.2. The second-order valence-electron chi connectivity index (χ2n) is 12.0. The number of amides is 2. The number of carbonyl (C=O) groups is 6. The number of hydrogen-bond donors (Lipinski definition) is 5. The first kappa shape index (κ1) is 29.9. The van der Waals surface area contributed by atoms with Gasteiger partial charge in [-0.25, -0.2) is 4.39 Å². The molecule has 2 amide bonds. The number of rotatable bonds is 4. The fourth-order valence-electron chi connectivity index (χ4n) is 7.47. The molecule has 3 aliphatic carbocycles. The minimum absolute atomic E-state index is 0.115. The number of Topliss-reactive ketones (excluding diaryl/α,β-unsaturated/α-hetero) is 4. The second-order valence-corrected chi connectivity index (χ2v) is 12.0. The molecule has 4 aliphatic rings. The molecular formula is C28H33FN4O9. The third-order valence-corrected chi connectivity index (χ3v) is 9.44. The van der Waals surface area contributed by atoms with Crippen molar-refractivity contribution in [2.75, 3.05) is 26.5 Å². The Morgan fingerprint density at radius 3 is 2.40 bits per heavy atom. The number of hydrogen-bond acceptors (Lipinski definition) is 11. The second kappa shape index (κ2) is 10.0. The van der Waals surface area contributed by atoms with Gasteiger partial charge in [-0.1, -0.05) is 6.92 Å². The number of aliphatic hydroxyl groups excluding tert-OH is 1. The number of phenols is 1. The smallest absolute Gasteiger partial charge is 0.244 e. The van der Waals surface area contributed by atoms with Gasteiger partial charge in [0.15, 0.2) is 40.4 Å². The van der Waals surface area contributed by atoms with E-state index in [2.05, 4.69) is 5.32 Å². The summed E-state index contributed by atoms with van der Waals surface area (Å²) in [5, 5.41) is 35.7. The van der Waals surface area contributed by atoms with Gasteiger partial charge in [0.05, 0.1) is 29.3 Å². The van der Waals surface area contributed by atoms with Gasteiger partial charge in [0.25, 0.3) is 0 Å². The van der Waals surface area contributed by atoms with E-state index in [0.29, 0.717) is 0 Å². The van der Waals surface area contributed by atoms with Crippen LogP contribution >= 0.6 is 0 Å². The molecular weight excluding hydrogens is 555 g/mol.